The Morgan fingerprint density at radius 2 is 1.11 bits per heavy atom. The summed E-state index contributed by atoms with van der Waals surface area (Å²) in [7, 11) is 0. The van der Waals surface area contributed by atoms with Gasteiger partial charge in [-0.15, -0.1) is 0 Å². The van der Waals surface area contributed by atoms with Crippen LogP contribution in [0.2, 0.25) is 8.35 Å². The number of hydrogen-bond acceptors (Lipinski definition) is 0. The van der Waals surface area contributed by atoms with Crippen molar-refractivity contribution in [2.45, 2.75) is 92.1 Å². The van der Waals surface area contributed by atoms with Crippen molar-refractivity contribution in [3.63, 3.8) is 0 Å². The van der Waals surface area contributed by atoms with Crippen LogP contribution in [0.5, 0.6) is 0 Å². The van der Waals surface area contributed by atoms with Crippen molar-refractivity contribution in [2.24, 2.45) is 11.3 Å². The van der Waals surface area contributed by atoms with E-state index in [-0.39, 0.29) is 41.1 Å². The molecule has 1 aliphatic heterocycles. The van der Waals surface area contributed by atoms with Crippen LogP contribution in [0.3, 0.4) is 0 Å². The Morgan fingerprint density at radius 3 is 1.44 bits per heavy atom. The van der Waals surface area contributed by atoms with Gasteiger partial charge in [-0.25, -0.2) is 0 Å². The summed E-state index contributed by atoms with van der Waals surface area (Å²) < 4.78 is 5.66. The van der Waals surface area contributed by atoms with Crippen molar-refractivity contribution in [1.82, 2.24) is 0 Å². The largest absolute Gasteiger partial charge is 1.00 e. The predicted molar refractivity (Wildman–Crippen MR) is 146 cm³/mol. The van der Waals surface area contributed by atoms with Crippen molar-refractivity contribution in [3.8, 4) is 11.1 Å². The van der Waals surface area contributed by atoms with Crippen LogP contribution in [0.1, 0.15) is 95.2 Å². The molecule has 0 aromatic heterocycles. The third-order valence-corrected chi connectivity index (χ3v) is 26.9. The molecule has 0 nitrogen and oxygen atoms in total. The molecule has 1 fully saturated rings. The summed E-state index contributed by atoms with van der Waals surface area (Å²) in [6, 6.07) is 15.1. The first-order valence-corrected chi connectivity index (χ1v) is 22.3. The van der Waals surface area contributed by atoms with Gasteiger partial charge in [-0.1, -0.05) is 0 Å². The zero-order valence-electron chi connectivity index (χ0n) is 23.9. The van der Waals surface area contributed by atoms with Gasteiger partial charge < -0.3 is 24.8 Å². The fourth-order valence-corrected chi connectivity index (χ4v) is 31.9. The molecule has 0 saturated carbocycles. The van der Waals surface area contributed by atoms with Crippen LogP contribution in [0, 0.1) is 11.3 Å². The van der Waals surface area contributed by atoms with Gasteiger partial charge in [0.25, 0.3) is 0 Å². The molecule has 36 heavy (non-hydrogen) atoms. The van der Waals surface area contributed by atoms with E-state index in [2.05, 4.69) is 118 Å². The SMILES string of the molecule is CC1C=C(C(C)(C)C)C=[C]1[Hf+2]1([CH]2c3ccc(C(C)(C)C)cc3-c3cc(C(C)(C)C)ccc32)[CH2][CH2]1.[Cl-].[Cl-]. The van der Waals surface area contributed by atoms with Gasteiger partial charge in [0.05, 0.1) is 0 Å². The fraction of sp³-hybridized carbons (Fsp3) is 0.515. The smallest absolute Gasteiger partial charge is 1.00 e. The van der Waals surface area contributed by atoms with Crippen molar-refractivity contribution >= 4 is 0 Å². The van der Waals surface area contributed by atoms with Gasteiger partial charge in [-0.2, -0.15) is 0 Å². The molecule has 3 aliphatic rings. The number of fused-ring (bicyclic) bond motifs is 3. The van der Waals surface area contributed by atoms with E-state index in [1.54, 1.807) is 27.8 Å². The molecule has 0 spiro atoms. The Bertz CT molecular complexity index is 1160. The Hall–Kier alpha value is -0.630. The summed E-state index contributed by atoms with van der Waals surface area (Å²) in [5.74, 6) is 0.633. The maximum Gasteiger partial charge on any atom is -1.00 e. The Labute approximate surface area is 237 Å². The summed E-state index contributed by atoms with van der Waals surface area (Å²) >= 11 is -2.71. The van der Waals surface area contributed by atoms with Crippen LogP contribution in [0.15, 0.2) is 57.5 Å². The second-order valence-electron chi connectivity index (χ2n) is 14.5. The third kappa shape index (κ3) is 4.91. The van der Waals surface area contributed by atoms with Crippen LogP contribution in [0.4, 0.5) is 0 Å². The van der Waals surface area contributed by atoms with Gasteiger partial charge in [0.15, 0.2) is 0 Å². The molecule has 3 heteroatoms. The van der Waals surface area contributed by atoms with Gasteiger partial charge in [-0.3, -0.25) is 0 Å². The van der Waals surface area contributed by atoms with E-state index in [0.29, 0.717) is 9.59 Å². The molecule has 1 saturated heterocycles. The second-order valence-corrected chi connectivity index (χ2v) is 30.5. The average molecular weight is 690 g/mol. The van der Waals surface area contributed by atoms with E-state index in [4.69, 9.17) is 0 Å². The van der Waals surface area contributed by atoms with Gasteiger partial charge in [-0.05, 0) is 0 Å². The van der Waals surface area contributed by atoms with Crippen LogP contribution in [0.25, 0.3) is 11.1 Å². The Morgan fingerprint density at radius 1 is 0.667 bits per heavy atom. The van der Waals surface area contributed by atoms with Crippen molar-refractivity contribution in [3.05, 3.63) is 79.7 Å². The van der Waals surface area contributed by atoms with Crippen molar-refractivity contribution in [1.29, 1.82) is 0 Å². The molecular weight excluding hydrogens is 646 g/mol. The number of hydrogen-bond donors (Lipinski definition) is 0. The number of halogens is 2. The predicted octanol–water partition coefficient (Wildman–Crippen LogP) is 3.87. The zero-order chi connectivity index (χ0) is 24.8. The van der Waals surface area contributed by atoms with Crippen molar-refractivity contribution < 1.29 is 44.8 Å². The van der Waals surface area contributed by atoms with Crippen LogP contribution >= 0.6 is 0 Å². The second kappa shape index (κ2) is 9.53. The molecule has 0 N–H and O–H groups in total. The van der Waals surface area contributed by atoms with Gasteiger partial charge in [0, 0.05) is 0 Å². The van der Waals surface area contributed by atoms with E-state index in [9.17, 15) is 0 Å². The standard InChI is InChI=1S/C21H25.C10H15.C2H4.2ClH.Hf/c1-20(2,3)16-9-7-14-11-15-8-10-17(21(4,5)6)13-19(15)18(14)12-16;1-8-5-6-9(7-8)10(2,3)4;1-2;;;/h7-13H,1-6H3;6-8H,1-4H3;1-2H2;2*1H;/q;;;;;+2/p-2. The third-order valence-electron chi connectivity index (χ3n) is 8.76. The monoisotopic (exact) mass is 690 g/mol. The van der Waals surface area contributed by atoms with Gasteiger partial charge >= 0.3 is 214 Å². The minimum absolute atomic E-state index is 0. The van der Waals surface area contributed by atoms with Gasteiger partial charge in [0.1, 0.15) is 0 Å². The maximum atomic E-state index is 2.68. The number of allylic oxidation sites excluding steroid dienone is 4. The quantitative estimate of drug-likeness (QED) is 0.421. The minimum Gasteiger partial charge on any atom is -1.00 e. The molecule has 2 aromatic carbocycles. The first kappa shape index (κ1) is 29.9. The molecule has 1 heterocycles. The van der Waals surface area contributed by atoms with E-state index in [1.807, 2.05) is 3.33 Å². The van der Waals surface area contributed by atoms with E-state index in [0.717, 1.165) is 0 Å². The fourth-order valence-electron chi connectivity index (χ4n) is 6.43. The molecule has 5 rings (SSSR count). The summed E-state index contributed by atoms with van der Waals surface area (Å²) in [6.07, 6.45) is 5.28. The molecule has 0 radical (unpaired) electrons. The molecular formula is C33H44Cl2Hf. The van der Waals surface area contributed by atoms with Crippen LogP contribution in [-0.2, 0) is 30.8 Å². The van der Waals surface area contributed by atoms with Gasteiger partial charge in [0.2, 0.25) is 0 Å². The zero-order valence-corrected chi connectivity index (χ0v) is 29.0. The van der Waals surface area contributed by atoms with E-state index in [1.165, 1.54) is 19.5 Å². The first-order valence-electron chi connectivity index (χ1n) is 13.4. The average Bonchev–Trinajstić information content (AvgIpc) is 3.28. The number of benzene rings is 2. The minimum atomic E-state index is -2.71. The molecule has 0 bridgehead atoms. The topological polar surface area (TPSA) is 0 Å². The molecule has 1 unspecified atom stereocenters. The van der Waals surface area contributed by atoms with Crippen LogP contribution < -0.4 is 24.8 Å². The van der Waals surface area contributed by atoms with Crippen LogP contribution in [-0.4, -0.2) is 0 Å². The van der Waals surface area contributed by atoms with Crippen molar-refractivity contribution in [2.75, 3.05) is 0 Å². The summed E-state index contributed by atoms with van der Waals surface area (Å²) in [6.45, 7) is 23.7. The normalized spacial score (nSPS) is 19.7. The van der Waals surface area contributed by atoms with E-state index < -0.39 is 20.0 Å². The summed E-state index contributed by atoms with van der Waals surface area (Å²) in [4.78, 5) is 0. The molecule has 2 aliphatic carbocycles. The first-order chi connectivity index (χ1) is 15.6. The van der Waals surface area contributed by atoms with E-state index >= 15 is 0 Å². The summed E-state index contributed by atoms with van der Waals surface area (Å²) in [5, 5.41) is 0. The summed E-state index contributed by atoms with van der Waals surface area (Å²) in [5.41, 5.74) is 11.5. The maximum absolute atomic E-state index is 2.71. The molecule has 194 valence electrons. The number of rotatable bonds is 2. The molecule has 2 aromatic rings. The molecule has 0 amide bonds. The molecule has 1 atom stereocenters. The Balaban J connectivity index is 0.00000180. The Kier molecular flexibility index (Phi) is 7.92.